The Labute approximate surface area is 191 Å². The van der Waals surface area contributed by atoms with E-state index < -0.39 is 0 Å². The summed E-state index contributed by atoms with van der Waals surface area (Å²) in [5.41, 5.74) is 3.48. The van der Waals surface area contributed by atoms with Crippen LogP contribution in [0.1, 0.15) is 31.4 Å². The van der Waals surface area contributed by atoms with Crippen molar-refractivity contribution in [3.8, 4) is 5.75 Å². The van der Waals surface area contributed by atoms with Crippen molar-refractivity contribution in [2.75, 3.05) is 40.3 Å². The van der Waals surface area contributed by atoms with Gasteiger partial charge in [0.2, 0.25) is 0 Å². The molecule has 0 aliphatic rings. The SMILES string of the molecule is CCN(CCc1c[nH]c2cccc(OC(C)=O)c12)N(CCCN(C)C)Cc1ccccc1. The van der Waals surface area contributed by atoms with E-state index in [9.17, 15) is 4.79 Å². The number of likely N-dealkylation sites (N-methyl/N-ethyl adjacent to an activating group) is 1. The Balaban J connectivity index is 1.75. The number of hydrazine groups is 1. The van der Waals surface area contributed by atoms with Crippen LogP contribution in [0.4, 0.5) is 0 Å². The van der Waals surface area contributed by atoms with Gasteiger partial charge in [0.15, 0.2) is 0 Å². The monoisotopic (exact) mass is 436 g/mol. The van der Waals surface area contributed by atoms with Crippen LogP contribution in [-0.2, 0) is 17.8 Å². The molecule has 0 radical (unpaired) electrons. The van der Waals surface area contributed by atoms with Gasteiger partial charge in [-0.3, -0.25) is 4.79 Å². The molecule has 0 amide bonds. The quantitative estimate of drug-likeness (QED) is 0.260. The van der Waals surface area contributed by atoms with Crippen molar-refractivity contribution in [2.45, 2.75) is 33.2 Å². The van der Waals surface area contributed by atoms with Crippen LogP contribution in [0, 0.1) is 0 Å². The summed E-state index contributed by atoms with van der Waals surface area (Å²) in [4.78, 5) is 17.1. The number of aromatic amines is 1. The normalized spacial score (nSPS) is 11.7. The maximum Gasteiger partial charge on any atom is 0.308 e. The topological polar surface area (TPSA) is 51.8 Å². The zero-order valence-corrected chi connectivity index (χ0v) is 19.8. The molecule has 3 aromatic rings. The third-order valence-corrected chi connectivity index (χ3v) is 5.64. The van der Waals surface area contributed by atoms with E-state index in [1.807, 2.05) is 24.4 Å². The molecule has 0 saturated heterocycles. The smallest absolute Gasteiger partial charge is 0.308 e. The summed E-state index contributed by atoms with van der Waals surface area (Å²) < 4.78 is 5.47. The lowest BCUT2D eigenvalue weighted by atomic mass is 10.1. The highest BCUT2D eigenvalue weighted by molar-refractivity contribution is 5.91. The van der Waals surface area contributed by atoms with Gasteiger partial charge >= 0.3 is 5.97 Å². The highest BCUT2D eigenvalue weighted by Crippen LogP contribution is 2.29. The molecular formula is C26H36N4O2. The minimum Gasteiger partial charge on any atom is -0.426 e. The summed E-state index contributed by atoms with van der Waals surface area (Å²) in [6, 6.07) is 16.4. The molecule has 0 bridgehead atoms. The van der Waals surface area contributed by atoms with Crippen LogP contribution < -0.4 is 4.74 Å². The van der Waals surface area contributed by atoms with Gasteiger partial charge in [0.05, 0.1) is 0 Å². The number of rotatable bonds is 12. The molecule has 6 nitrogen and oxygen atoms in total. The molecule has 0 aliphatic carbocycles. The number of benzene rings is 2. The van der Waals surface area contributed by atoms with Crippen LogP contribution >= 0.6 is 0 Å². The van der Waals surface area contributed by atoms with Crippen molar-refractivity contribution < 1.29 is 9.53 Å². The van der Waals surface area contributed by atoms with E-state index >= 15 is 0 Å². The lowest BCUT2D eigenvalue weighted by molar-refractivity contribution is -0.131. The van der Waals surface area contributed by atoms with Crippen molar-refractivity contribution in [1.29, 1.82) is 0 Å². The summed E-state index contributed by atoms with van der Waals surface area (Å²) in [5.74, 6) is 0.330. The van der Waals surface area contributed by atoms with Gasteiger partial charge in [0, 0.05) is 50.2 Å². The fraction of sp³-hybridized carbons (Fsp3) is 0.423. The number of hydrogen-bond acceptors (Lipinski definition) is 5. The largest absolute Gasteiger partial charge is 0.426 e. The first-order valence-electron chi connectivity index (χ1n) is 11.4. The van der Waals surface area contributed by atoms with Crippen LogP contribution in [0.5, 0.6) is 5.75 Å². The van der Waals surface area contributed by atoms with Crippen LogP contribution in [-0.4, -0.2) is 66.1 Å². The van der Waals surface area contributed by atoms with E-state index in [2.05, 4.69) is 71.3 Å². The molecule has 3 rings (SSSR count). The lowest BCUT2D eigenvalue weighted by Crippen LogP contribution is -2.44. The summed E-state index contributed by atoms with van der Waals surface area (Å²) in [5, 5.41) is 5.91. The van der Waals surface area contributed by atoms with Crippen LogP contribution in [0.3, 0.4) is 0 Å². The molecule has 6 heteroatoms. The van der Waals surface area contributed by atoms with Crippen molar-refractivity contribution in [3.05, 3.63) is 65.9 Å². The second-order valence-electron chi connectivity index (χ2n) is 8.41. The van der Waals surface area contributed by atoms with E-state index in [1.54, 1.807) is 0 Å². The first-order chi connectivity index (χ1) is 15.5. The Morgan fingerprint density at radius 3 is 2.44 bits per heavy atom. The molecule has 0 fully saturated rings. The zero-order valence-electron chi connectivity index (χ0n) is 19.8. The van der Waals surface area contributed by atoms with Crippen molar-refractivity contribution >= 4 is 16.9 Å². The molecule has 2 aromatic carbocycles. The molecule has 32 heavy (non-hydrogen) atoms. The van der Waals surface area contributed by atoms with Gasteiger partial charge in [-0.1, -0.05) is 43.3 Å². The zero-order chi connectivity index (χ0) is 22.9. The molecule has 0 saturated carbocycles. The molecule has 0 spiro atoms. The number of nitrogens with zero attached hydrogens (tertiary/aromatic N) is 3. The second-order valence-corrected chi connectivity index (χ2v) is 8.41. The molecule has 0 unspecified atom stereocenters. The van der Waals surface area contributed by atoms with Gasteiger partial charge in [-0.15, -0.1) is 0 Å². The van der Waals surface area contributed by atoms with E-state index in [1.165, 1.54) is 18.1 Å². The number of nitrogens with one attached hydrogen (secondary N) is 1. The first-order valence-corrected chi connectivity index (χ1v) is 11.4. The predicted molar refractivity (Wildman–Crippen MR) is 131 cm³/mol. The van der Waals surface area contributed by atoms with Gasteiger partial charge in [0.25, 0.3) is 0 Å². The number of hydrogen-bond donors (Lipinski definition) is 1. The molecule has 1 heterocycles. The Morgan fingerprint density at radius 1 is 0.969 bits per heavy atom. The van der Waals surface area contributed by atoms with Crippen LogP contribution in [0.15, 0.2) is 54.7 Å². The Bertz CT molecular complexity index is 984. The molecule has 172 valence electrons. The van der Waals surface area contributed by atoms with E-state index in [0.717, 1.165) is 56.5 Å². The van der Waals surface area contributed by atoms with Gasteiger partial charge in [-0.2, -0.15) is 0 Å². The Hall–Kier alpha value is -2.67. The molecule has 0 aliphatic heterocycles. The molecule has 0 atom stereocenters. The molecule has 1 N–H and O–H groups in total. The number of fused-ring (bicyclic) bond motifs is 1. The van der Waals surface area contributed by atoms with Crippen molar-refractivity contribution in [3.63, 3.8) is 0 Å². The minimum atomic E-state index is -0.297. The Morgan fingerprint density at radius 2 is 1.75 bits per heavy atom. The van der Waals surface area contributed by atoms with Gasteiger partial charge < -0.3 is 14.6 Å². The highest BCUT2D eigenvalue weighted by atomic mass is 16.5. The van der Waals surface area contributed by atoms with Crippen LogP contribution in [0.2, 0.25) is 0 Å². The number of carbonyl (C=O) groups excluding carboxylic acids is 1. The Kier molecular flexibility index (Phi) is 8.85. The average molecular weight is 437 g/mol. The third kappa shape index (κ3) is 6.66. The standard InChI is InChI=1S/C26H36N4O2/c1-5-29(30(17-10-16-28(3)4)20-22-11-7-6-8-12-22)18-15-23-19-27-24-13-9-14-25(26(23)24)32-21(2)31/h6-9,11-14,19,27H,5,10,15-18,20H2,1-4H3. The maximum absolute atomic E-state index is 11.6. The van der Waals surface area contributed by atoms with E-state index in [4.69, 9.17) is 4.74 Å². The first kappa shape index (κ1) is 24.0. The number of aromatic nitrogens is 1. The van der Waals surface area contributed by atoms with E-state index in [-0.39, 0.29) is 5.97 Å². The lowest BCUT2D eigenvalue weighted by Gasteiger charge is -2.35. The summed E-state index contributed by atoms with van der Waals surface area (Å²) in [7, 11) is 4.24. The average Bonchev–Trinajstić information content (AvgIpc) is 3.18. The maximum atomic E-state index is 11.6. The van der Waals surface area contributed by atoms with Crippen molar-refractivity contribution in [1.82, 2.24) is 19.9 Å². The molecule has 1 aromatic heterocycles. The van der Waals surface area contributed by atoms with Gasteiger partial charge in [-0.05, 0) is 56.7 Å². The number of esters is 1. The second kappa shape index (κ2) is 11.8. The fourth-order valence-electron chi connectivity index (χ4n) is 4.09. The fourth-order valence-corrected chi connectivity index (χ4v) is 4.09. The number of carbonyl (C=O) groups is 1. The minimum absolute atomic E-state index is 0.297. The summed E-state index contributed by atoms with van der Waals surface area (Å²) in [6.45, 7) is 8.46. The predicted octanol–water partition coefficient (Wildman–Crippen LogP) is 4.33. The number of ether oxygens (including phenoxy) is 1. The highest BCUT2D eigenvalue weighted by Gasteiger charge is 2.17. The summed E-state index contributed by atoms with van der Waals surface area (Å²) in [6.07, 6.45) is 4.02. The third-order valence-electron chi connectivity index (χ3n) is 5.64. The van der Waals surface area contributed by atoms with Gasteiger partial charge in [0.1, 0.15) is 5.75 Å². The molecular weight excluding hydrogens is 400 g/mol. The van der Waals surface area contributed by atoms with Crippen molar-refractivity contribution in [2.24, 2.45) is 0 Å². The van der Waals surface area contributed by atoms with E-state index in [0.29, 0.717) is 5.75 Å². The van der Waals surface area contributed by atoms with Gasteiger partial charge in [-0.25, -0.2) is 10.0 Å². The number of H-pyrrole nitrogens is 1. The summed E-state index contributed by atoms with van der Waals surface area (Å²) >= 11 is 0. The van der Waals surface area contributed by atoms with Crippen LogP contribution in [0.25, 0.3) is 10.9 Å².